The first-order valence-corrected chi connectivity index (χ1v) is 5.59. The van der Waals surface area contributed by atoms with Crippen LogP contribution in [0.4, 0.5) is 0 Å². The second-order valence-electron chi connectivity index (χ2n) is 4.04. The smallest absolute Gasteiger partial charge is 0.307 e. The molecule has 1 N–H and O–H groups in total. The Morgan fingerprint density at radius 2 is 2.38 bits per heavy atom. The van der Waals surface area contributed by atoms with E-state index >= 15 is 0 Å². The third-order valence-corrected chi connectivity index (χ3v) is 2.82. The highest BCUT2D eigenvalue weighted by Gasteiger charge is 2.20. The zero-order chi connectivity index (χ0) is 11.4. The molecule has 0 aromatic carbocycles. The number of piperidine rings is 1. The molecule has 4 nitrogen and oxygen atoms in total. The first-order chi connectivity index (χ1) is 7.77. The van der Waals surface area contributed by atoms with Crippen LogP contribution in [0.3, 0.4) is 0 Å². The van der Waals surface area contributed by atoms with Gasteiger partial charge in [0.15, 0.2) is 0 Å². The van der Waals surface area contributed by atoms with Gasteiger partial charge in [-0.05, 0) is 24.5 Å². The molecule has 85 valence electrons. The van der Waals surface area contributed by atoms with E-state index in [-0.39, 0.29) is 12.5 Å². The van der Waals surface area contributed by atoms with E-state index in [9.17, 15) is 4.79 Å². The Labute approximate surface area is 94.7 Å². The van der Waals surface area contributed by atoms with Gasteiger partial charge in [-0.3, -0.25) is 9.78 Å². The van der Waals surface area contributed by atoms with Crippen molar-refractivity contribution in [3.63, 3.8) is 0 Å². The van der Waals surface area contributed by atoms with Gasteiger partial charge >= 0.3 is 5.97 Å². The molecule has 1 radical (unpaired) electrons. The molecule has 1 aliphatic heterocycles. The number of carboxylic acid groups (broad SMARTS) is 1. The van der Waals surface area contributed by atoms with Gasteiger partial charge in [0.1, 0.15) is 0 Å². The summed E-state index contributed by atoms with van der Waals surface area (Å²) in [4.78, 5) is 15.0. The minimum atomic E-state index is -0.815. The first kappa shape index (κ1) is 11.1. The highest BCUT2D eigenvalue weighted by Crippen LogP contribution is 2.25. The van der Waals surface area contributed by atoms with Crippen molar-refractivity contribution in [2.24, 2.45) is 0 Å². The second-order valence-corrected chi connectivity index (χ2v) is 4.04. The van der Waals surface area contributed by atoms with E-state index in [1.165, 1.54) is 0 Å². The predicted molar refractivity (Wildman–Crippen MR) is 59.2 cm³/mol. The van der Waals surface area contributed by atoms with Gasteiger partial charge in [-0.25, -0.2) is 5.32 Å². The molecule has 2 rings (SSSR count). The van der Waals surface area contributed by atoms with Gasteiger partial charge in [0.2, 0.25) is 0 Å². The monoisotopic (exact) mass is 219 g/mol. The lowest BCUT2D eigenvalue weighted by molar-refractivity contribution is -0.136. The molecule has 0 aliphatic carbocycles. The van der Waals surface area contributed by atoms with Gasteiger partial charge in [0.05, 0.1) is 18.2 Å². The third kappa shape index (κ3) is 2.58. The van der Waals surface area contributed by atoms with Gasteiger partial charge in [-0.15, -0.1) is 0 Å². The maximum atomic E-state index is 10.7. The van der Waals surface area contributed by atoms with Crippen molar-refractivity contribution in [1.29, 1.82) is 0 Å². The van der Waals surface area contributed by atoms with Gasteiger partial charge < -0.3 is 5.11 Å². The normalized spacial score (nSPS) is 20.6. The average molecular weight is 219 g/mol. The van der Waals surface area contributed by atoms with Crippen LogP contribution in [0.5, 0.6) is 0 Å². The third-order valence-electron chi connectivity index (χ3n) is 2.82. The fourth-order valence-corrected chi connectivity index (χ4v) is 2.07. The zero-order valence-electron chi connectivity index (χ0n) is 9.09. The molecule has 1 aliphatic rings. The summed E-state index contributed by atoms with van der Waals surface area (Å²) in [6.45, 7) is 0.869. The standard InChI is InChI=1S/C12H15N2O2/c15-11(16)8-9-4-3-7-14-12(9)10-5-1-2-6-13-10/h3-4,7,10H,1-2,5-6,8H2,(H,15,16). The van der Waals surface area contributed by atoms with E-state index in [1.54, 1.807) is 12.3 Å². The number of carbonyl (C=O) groups is 1. The van der Waals surface area contributed by atoms with Crippen molar-refractivity contribution < 1.29 is 9.90 Å². The predicted octanol–water partition coefficient (Wildman–Crippen LogP) is 1.54. The van der Waals surface area contributed by atoms with E-state index in [0.29, 0.717) is 0 Å². The van der Waals surface area contributed by atoms with Crippen LogP contribution < -0.4 is 5.32 Å². The molecule has 1 aromatic rings. The molecule has 0 amide bonds. The first-order valence-electron chi connectivity index (χ1n) is 5.59. The molecule has 1 fully saturated rings. The number of hydrogen-bond donors (Lipinski definition) is 1. The minimum absolute atomic E-state index is 0.0369. The van der Waals surface area contributed by atoms with Crippen molar-refractivity contribution in [2.45, 2.75) is 31.7 Å². The summed E-state index contributed by atoms with van der Waals surface area (Å²) < 4.78 is 0. The fraction of sp³-hybridized carbons (Fsp3) is 0.500. The minimum Gasteiger partial charge on any atom is -0.481 e. The SMILES string of the molecule is O=C(O)Cc1cccnc1C1CCCC[N]1. The number of aromatic nitrogens is 1. The number of rotatable bonds is 3. The van der Waals surface area contributed by atoms with E-state index in [2.05, 4.69) is 10.3 Å². The van der Waals surface area contributed by atoms with Crippen LogP contribution in [0.15, 0.2) is 18.3 Å². The molecular formula is C12H15N2O2. The summed E-state index contributed by atoms with van der Waals surface area (Å²) in [5.74, 6) is -0.815. The van der Waals surface area contributed by atoms with Crippen LogP contribution in [0.25, 0.3) is 0 Å². The Balaban J connectivity index is 2.20. The lowest BCUT2D eigenvalue weighted by Gasteiger charge is -2.22. The van der Waals surface area contributed by atoms with Gasteiger partial charge in [0, 0.05) is 12.7 Å². The molecule has 1 atom stereocenters. The topological polar surface area (TPSA) is 64.3 Å². The molecule has 16 heavy (non-hydrogen) atoms. The number of nitrogens with zero attached hydrogens (tertiary/aromatic N) is 2. The van der Waals surface area contributed by atoms with Crippen molar-refractivity contribution in [1.82, 2.24) is 10.3 Å². The maximum Gasteiger partial charge on any atom is 0.307 e. The Bertz CT molecular complexity index is 373. The lowest BCUT2D eigenvalue weighted by atomic mass is 9.97. The van der Waals surface area contributed by atoms with Crippen molar-refractivity contribution >= 4 is 5.97 Å². The lowest BCUT2D eigenvalue weighted by Crippen LogP contribution is -2.23. The summed E-state index contributed by atoms with van der Waals surface area (Å²) in [5.41, 5.74) is 1.65. The van der Waals surface area contributed by atoms with Crippen LogP contribution in [0.1, 0.15) is 36.6 Å². The second kappa shape index (κ2) is 5.07. The summed E-state index contributed by atoms with van der Waals surface area (Å²) in [6.07, 6.45) is 5.03. The molecular weight excluding hydrogens is 204 g/mol. The van der Waals surface area contributed by atoms with Gasteiger partial charge in [-0.2, -0.15) is 0 Å². The molecule has 2 heterocycles. The average Bonchev–Trinajstić information content (AvgIpc) is 2.30. The quantitative estimate of drug-likeness (QED) is 0.838. The molecule has 1 saturated heterocycles. The Hall–Kier alpha value is -1.42. The summed E-state index contributed by atoms with van der Waals surface area (Å²) >= 11 is 0. The van der Waals surface area contributed by atoms with Crippen LogP contribution in [0, 0.1) is 0 Å². The van der Waals surface area contributed by atoms with E-state index in [0.717, 1.165) is 37.1 Å². The summed E-state index contributed by atoms with van der Waals surface area (Å²) in [6, 6.07) is 3.72. The number of pyridine rings is 1. The molecule has 1 unspecified atom stereocenters. The summed E-state index contributed by atoms with van der Waals surface area (Å²) in [5, 5.41) is 13.3. The van der Waals surface area contributed by atoms with Crippen LogP contribution in [-0.4, -0.2) is 22.6 Å². The fourth-order valence-electron chi connectivity index (χ4n) is 2.07. The Kier molecular flexibility index (Phi) is 3.51. The highest BCUT2D eigenvalue weighted by atomic mass is 16.4. The maximum absolute atomic E-state index is 10.7. The van der Waals surface area contributed by atoms with Crippen molar-refractivity contribution in [3.05, 3.63) is 29.6 Å². The van der Waals surface area contributed by atoms with Crippen molar-refractivity contribution in [2.75, 3.05) is 6.54 Å². The Morgan fingerprint density at radius 3 is 3.06 bits per heavy atom. The number of aliphatic carboxylic acids is 1. The Morgan fingerprint density at radius 1 is 1.50 bits per heavy atom. The highest BCUT2D eigenvalue weighted by molar-refractivity contribution is 5.70. The van der Waals surface area contributed by atoms with E-state index in [4.69, 9.17) is 5.11 Å². The van der Waals surface area contributed by atoms with E-state index < -0.39 is 5.97 Å². The molecule has 0 saturated carbocycles. The zero-order valence-corrected chi connectivity index (χ0v) is 9.09. The molecule has 1 aromatic heterocycles. The van der Waals surface area contributed by atoms with Crippen LogP contribution >= 0.6 is 0 Å². The van der Waals surface area contributed by atoms with Gasteiger partial charge in [0.25, 0.3) is 0 Å². The largest absolute Gasteiger partial charge is 0.481 e. The molecule has 0 spiro atoms. The van der Waals surface area contributed by atoms with Crippen LogP contribution in [0.2, 0.25) is 0 Å². The summed E-state index contributed by atoms with van der Waals surface area (Å²) in [7, 11) is 0. The van der Waals surface area contributed by atoms with Gasteiger partial charge in [-0.1, -0.05) is 12.5 Å². The molecule has 0 bridgehead atoms. The molecule has 4 heteroatoms. The van der Waals surface area contributed by atoms with Crippen molar-refractivity contribution in [3.8, 4) is 0 Å². The van der Waals surface area contributed by atoms with Crippen LogP contribution in [-0.2, 0) is 11.2 Å². The number of hydrogen-bond acceptors (Lipinski definition) is 2. The number of carboxylic acids is 1. The van der Waals surface area contributed by atoms with E-state index in [1.807, 2.05) is 6.07 Å².